The molecule has 1 aliphatic rings. The molecular formula is C16H25BrN2. The number of piperazine rings is 1. The van der Waals surface area contributed by atoms with Crippen molar-refractivity contribution in [1.82, 2.24) is 5.32 Å². The van der Waals surface area contributed by atoms with Gasteiger partial charge in [-0.15, -0.1) is 0 Å². The summed E-state index contributed by atoms with van der Waals surface area (Å²) >= 11 is 3.58. The molecule has 2 nitrogen and oxygen atoms in total. The number of hydrogen-bond acceptors (Lipinski definition) is 2. The van der Waals surface area contributed by atoms with E-state index in [0.29, 0.717) is 12.1 Å². The number of benzene rings is 1. The first kappa shape index (κ1) is 14.9. The van der Waals surface area contributed by atoms with E-state index in [2.05, 4.69) is 72.0 Å². The largest absolute Gasteiger partial charge is 0.366 e. The normalized spacial score (nSPS) is 25.4. The number of halogens is 1. The molecule has 1 aromatic rings. The zero-order valence-electron chi connectivity index (χ0n) is 12.4. The fraction of sp³-hybridized carbons (Fsp3) is 0.625. The average Bonchev–Trinajstić information content (AvgIpc) is 2.41. The van der Waals surface area contributed by atoms with Gasteiger partial charge in [-0.2, -0.15) is 0 Å². The van der Waals surface area contributed by atoms with Crippen molar-refractivity contribution in [2.45, 2.75) is 46.2 Å². The molecule has 1 aromatic carbocycles. The molecule has 3 unspecified atom stereocenters. The van der Waals surface area contributed by atoms with E-state index in [9.17, 15) is 0 Å². The van der Waals surface area contributed by atoms with Gasteiger partial charge in [0.2, 0.25) is 0 Å². The molecule has 2 rings (SSSR count). The van der Waals surface area contributed by atoms with Crippen molar-refractivity contribution in [1.29, 1.82) is 0 Å². The summed E-state index contributed by atoms with van der Waals surface area (Å²) in [6.45, 7) is 11.3. The molecule has 0 aromatic heterocycles. The van der Waals surface area contributed by atoms with Crippen LogP contribution in [0.3, 0.4) is 0 Å². The molecule has 1 heterocycles. The van der Waals surface area contributed by atoms with Crippen LogP contribution in [0, 0.1) is 12.8 Å². The monoisotopic (exact) mass is 324 g/mol. The standard InChI is InChI=1S/C16H25BrN2/c1-5-11(2)16-10-19(13(4)9-18-16)14-6-7-15(17)12(3)8-14/h6-8,11,13,16,18H,5,9-10H2,1-4H3. The highest BCUT2D eigenvalue weighted by Gasteiger charge is 2.27. The van der Waals surface area contributed by atoms with Crippen LogP contribution in [0.15, 0.2) is 22.7 Å². The van der Waals surface area contributed by atoms with Gasteiger partial charge >= 0.3 is 0 Å². The van der Waals surface area contributed by atoms with E-state index in [-0.39, 0.29) is 0 Å². The molecule has 0 bridgehead atoms. The molecule has 1 fully saturated rings. The van der Waals surface area contributed by atoms with Gasteiger partial charge in [-0.05, 0) is 43.5 Å². The summed E-state index contributed by atoms with van der Waals surface area (Å²) < 4.78 is 1.19. The SMILES string of the molecule is CCC(C)C1CN(c2ccc(Br)c(C)c2)C(C)CN1. The third-order valence-electron chi connectivity index (χ3n) is 4.40. The van der Waals surface area contributed by atoms with Crippen LogP contribution in [0.25, 0.3) is 0 Å². The molecule has 1 saturated heterocycles. The lowest BCUT2D eigenvalue weighted by molar-refractivity contribution is 0.316. The van der Waals surface area contributed by atoms with E-state index >= 15 is 0 Å². The summed E-state index contributed by atoms with van der Waals surface area (Å²) in [5.74, 6) is 0.728. The topological polar surface area (TPSA) is 15.3 Å². The summed E-state index contributed by atoms with van der Waals surface area (Å²) in [6, 6.07) is 7.84. The van der Waals surface area contributed by atoms with Gasteiger partial charge in [0.25, 0.3) is 0 Å². The zero-order chi connectivity index (χ0) is 14.0. The lowest BCUT2D eigenvalue weighted by atomic mass is 9.95. The van der Waals surface area contributed by atoms with E-state index < -0.39 is 0 Å². The van der Waals surface area contributed by atoms with Crippen molar-refractivity contribution in [3.8, 4) is 0 Å². The quantitative estimate of drug-likeness (QED) is 0.905. The number of anilines is 1. The van der Waals surface area contributed by atoms with Gasteiger partial charge in [-0.25, -0.2) is 0 Å². The predicted octanol–water partition coefficient (Wildman–Crippen LogP) is 3.97. The number of nitrogens with zero attached hydrogens (tertiary/aromatic N) is 1. The Kier molecular flexibility index (Phi) is 4.91. The second kappa shape index (κ2) is 6.27. The van der Waals surface area contributed by atoms with E-state index in [0.717, 1.165) is 19.0 Å². The van der Waals surface area contributed by atoms with Gasteiger partial charge in [0, 0.05) is 35.3 Å². The Morgan fingerprint density at radius 3 is 2.84 bits per heavy atom. The lowest BCUT2D eigenvalue weighted by Gasteiger charge is -2.42. The van der Waals surface area contributed by atoms with Crippen LogP contribution in [0.4, 0.5) is 5.69 Å². The summed E-state index contributed by atoms with van der Waals surface area (Å²) in [7, 11) is 0. The maximum Gasteiger partial charge on any atom is 0.0387 e. The smallest absolute Gasteiger partial charge is 0.0387 e. The minimum Gasteiger partial charge on any atom is -0.366 e. The highest BCUT2D eigenvalue weighted by Crippen LogP contribution is 2.26. The van der Waals surface area contributed by atoms with Crippen molar-refractivity contribution in [3.05, 3.63) is 28.2 Å². The van der Waals surface area contributed by atoms with E-state index in [1.54, 1.807) is 0 Å². The molecule has 3 heteroatoms. The first-order chi connectivity index (χ1) is 9.02. The van der Waals surface area contributed by atoms with E-state index in [1.165, 1.54) is 22.1 Å². The van der Waals surface area contributed by atoms with Gasteiger partial charge in [-0.1, -0.05) is 36.2 Å². The van der Waals surface area contributed by atoms with Gasteiger partial charge in [0.1, 0.15) is 0 Å². The number of aryl methyl sites for hydroxylation is 1. The second-order valence-electron chi connectivity index (χ2n) is 5.84. The van der Waals surface area contributed by atoms with Crippen LogP contribution in [-0.2, 0) is 0 Å². The molecule has 19 heavy (non-hydrogen) atoms. The van der Waals surface area contributed by atoms with Crippen LogP contribution < -0.4 is 10.2 Å². The maximum absolute atomic E-state index is 3.69. The minimum atomic E-state index is 0.556. The zero-order valence-corrected chi connectivity index (χ0v) is 14.0. The summed E-state index contributed by atoms with van der Waals surface area (Å²) in [5, 5.41) is 3.69. The van der Waals surface area contributed by atoms with Gasteiger partial charge in [-0.3, -0.25) is 0 Å². The number of nitrogens with one attached hydrogen (secondary N) is 1. The molecule has 0 radical (unpaired) electrons. The van der Waals surface area contributed by atoms with Crippen LogP contribution in [0.1, 0.15) is 32.8 Å². The highest BCUT2D eigenvalue weighted by atomic mass is 79.9. The van der Waals surface area contributed by atoms with Crippen molar-refractivity contribution >= 4 is 21.6 Å². The molecule has 3 atom stereocenters. The molecule has 0 aliphatic carbocycles. The first-order valence-electron chi connectivity index (χ1n) is 7.29. The van der Waals surface area contributed by atoms with Crippen LogP contribution in [0.2, 0.25) is 0 Å². The third kappa shape index (κ3) is 3.32. The second-order valence-corrected chi connectivity index (χ2v) is 6.69. The summed E-state index contributed by atoms with van der Waals surface area (Å²) in [6.07, 6.45) is 1.24. The molecular weight excluding hydrogens is 300 g/mol. The molecule has 0 amide bonds. The Labute approximate surface area is 125 Å². The fourth-order valence-electron chi connectivity index (χ4n) is 2.72. The van der Waals surface area contributed by atoms with E-state index in [1.807, 2.05) is 0 Å². The summed E-state index contributed by atoms with van der Waals surface area (Å²) in [5.41, 5.74) is 2.66. The Bertz CT molecular complexity index is 433. The summed E-state index contributed by atoms with van der Waals surface area (Å²) in [4.78, 5) is 2.55. The Hall–Kier alpha value is -0.540. The van der Waals surface area contributed by atoms with Crippen LogP contribution >= 0.6 is 15.9 Å². The van der Waals surface area contributed by atoms with Crippen molar-refractivity contribution in [3.63, 3.8) is 0 Å². The van der Waals surface area contributed by atoms with E-state index in [4.69, 9.17) is 0 Å². The lowest BCUT2D eigenvalue weighted by Crippen LogP contribution is -2.57. The predicted molar refractivity (Wildman–Crippen MR) is 86.9 cm³/mol. The molecule has 1 N–H and O–H groups in total. The maximum atomic E-state index is 3.69. The van der Waals surface area contributed by atoms with Crippen LogP contribution in [0.5, 0.6) is 0 Å². The minimum absolute atomic E-state index is 0.556. The third-order valence-corrected chi connectivity index (χ3v) is 5.29. The van der Waals surface area contributed by atoms with Crippen molar-refractivity contribution in [2.24, 2.45) is 5.92 Å². The van der Waals surface area contributed by atoms with Crippen LogP contribution in [-0.4, -0.2) is 25.2 Å². The van der Waals surface area contributed by atoms with Gasteiger partial charge in [0.05, 0.1) is 0 Å². The van der Waals surface area contributed by atoms with Gasteiger partial charge in [0.15, 0.2) is 0 Å². The Morgan fingerprint density at radius 2 is 2.21 bits per heavy atom. The molecule has 0 saturated carbocycles. The molecule has 106 valence electrons. The first-order valence-corrected chi connectivity index (χ1v) is 8.08. The Morgan fingerprint density at radius 1 is 1.47 bits per heavy atom. The fourth-order valence-corrected chi connectivity index (χ4v) is 2.97. The molecule has 1 aliphatic heterocycles. The average molecular weight is 325 g/mol. The van der Waals surface area contributed by atoms with Crippen molar-refractivity contribution in [2.75, 3.05) is 18.0 Å². The van der Waals surface area contributed by atoms with Gasteiger partial charge < -0.3 is 10.2 Å². The number of rotatable bonds is 3. The molecule has 0 spiro atoms. The highest BCUT2D eigenvalue weighted by molar-refractivity contribution is 9.10. The number of hydrogen-bond donors (Lipinski definition) is 1. The van der Waals surface area contributed by atoms with Crippen molar-refractivity contribution < 1.29 is 0 Å². The Balaban J connectivity index is 2.18.